The van der Waals surface area contributed by atoms with Crippen LogP contribution < -0.4 is 20.1 Å². The molecular formula is C18H21N3O5. The van der Waals surface area contributed by atoms with Crippen LogP contribution in [0.2, 0.25) is 0 Å². The number of nitro groups is 1. The van der Waals surface area contributed by atoms with Crippen LogP contribution in [-0.4, -0.2) is 31.6 Å². The summed E-state index contributed by atoms with van der Waals surface area (Å²) in [7, 11) is 3.10. The zero-order valence-electron chi connectivity index (χ0n) is 14.9. The second-order valence-corrected chi connectivity index (χ2v) is 5.58. The minimum absolute atomic E-state index is 0.00922. The third-order valence-electron chi connectivity index (χ3n) is 3.81. The van der Waals surface area contributed by atoms with Gasteiger partial charge in [0, 0.05) is 24.4 Å². The molecule has 0 aliphatic heterocycles. The van der Waals surface area contributed by atoms with Crippen molar-refractivity contribution in [2.75, 3.05) is 26.1 Å². The number of hydrogen-bond donors (Lipinski definition) is 2. The molecule has 2 N–H and O–H groups in total. The largest absolute Gasteiger partial charge is 0.493 e. The summed E-state index contributed by atoms with van der Waals surface area (Å²) >= 11 is 0. The molecule has 2 aromatic carbocycles. The highest BCUT2D eigenvalue weighted by atomic mass is 16.6. The minimum Gasteiger partial charge on any atom is -0.493 e. The Hall–Kier alpha value is -3.29. The van der Waals surface area contributed by atoms with Crippen LogP contribution in [0.1, 0.15) is 11.1 Å². The first-order valence-corrected chi connectivity index (χ1v) is 7.91. The van der Waals surface area contributed by atoms with E-state index in [-0.39, 0.29) is 18.1 Å². The summed E-state index contributed by atoms with van der Waals surface area (Å²) in [6, 6.07) is 9.87. The molecule has 0 saturated carbocycles. The molecule has 2 rings (SSSR count). The van der Waals surface area contributed by atoms with Crippen LogP contribution >= 0.6 is 0 Å². The Morgan fingerprint density at radius 2 is 1.85 bits per heavy atom. The van der Waals surface area contributed by atoms with E-state index in [0.29, 0.717) is 23.7 Å². The molecule has 0 saturated heterocycles. The van der Waals surface area contributed by atoms with Gasteiger partial charge in [-0.05, 0) is 30.2 Å². The first-order valence-electron chi connectivity index (χ1n) is 7.91. The van der Waals surface area contributed by atoms with Gasteiger partial charge in [-0.3, -0.25) is 14.9 Å². The number of rotatable bonds is 8. The zero-order chi connectivity index (χ0) is 19.1. The number of nitro benzene ring substituents is 1. The van der Waals surface area contributed by atoms with Gasteiger partial charge in [0.1, 0.15) is 0 Å². The topological polar surface area (TPSA) is 103 Å². The van der Waals surface area contributed by atoms with Gasteiger partial charge in [0.15, 0.2) is 11.5 Å². The van der Waals surface area contributed by atoms with Crippen molar-refractivity contribution in [3.8, 4) is 11.5 Å². The summed E-state index contributed by atoms with van der Waals surface area (Å²) < 4.78 is 10.4. The molecule has 0 aliphatic rings. The van der Waals surface area contributed by atoms with E-state index in [4.69, 9.17) is 9.47 Å². The molecule has 26 heavy (non-hydrogen) atoms. The van der Waals surface area contributed by atoms with Crippen LogP contribution in [0.15, 0.2) is 36.4 Å². The third kappa shape index (κ3) is 4.85. The predicted molar refractivity (Wildman–Crippen MR) is 97.7 cm³/mol. The molecular weight excluding hydrogens is 338 g/mol. The van der Waals surface area contributed by atoms with E-state index in [1.807, 2.05) is 13.0 Å². The van der Waals surface area contributed by atoms with Gasteiger partial charge >= 0.3 is 0 Å². The average molecular weight is 359 g/mol. The fraction of sp³-hybridized carbons (Fsp3) is 0.278. The molecule has 0 aromatic heterocycles. The monoisotopic (exact) mass is 359 g/mol. The number of anilines is 1. The van der Waals surface area contributed by atoms with Gasteiger partial charge in [-0.15, -0.1) is 0 Å². The predicted octanol–water partition coefficient (Wildman–Crippen LogP) is 2.65. The maximum absolute atomic E-state index is 12.0. The van der Waals surface area contributed by atoms with Gasteiger partial charge in [0.25, 0.3) is 5.69 Å². The summed E-state index contributed by atoms with van der Waals surface area (Å²) in [6.07, 6.45) is 0. The van der Waals surface area contributed by atoms with Gasteiger partial charge in [0.05, 0.1) is 25.7 Å². The third-order valence-corrected chi connectivity index (χ3v) is 3.81. The number of ether oxygens (including phenoxy) is 2. The fourth-order valence-electron chi connectivity index (χ4n) is 2.34. The fourth-order valence-corrected chi connectivity index (χ4v) is 2.34. The van der Waals surface area contributed by atoms with Crippen LogP contribution in [0.4, 0.5) is 11.4 Å². The lowest BCUT2D eigenvalue weighted by atomic mass is 10.2. The maximum Gasteiger partial charge on any atom is 0.271 e. The number of amides is 1. The first kappa shape index (κ1) is 19.0. The molecule has 0 aliphatic carbocycles. The number of hydrogen-bond acceptors (Lipinski definition) is 6. The van der Waals surface area contributed by atoms with E-state index in [9.17, 15) is 14.9 Å². The van der Waals surface area contributed by atoms with E-state index < -0.39 is 4.92 Å². The van der Waals surface area contributed by atoms with Crippen LogP contribution in [0.25, 0.3) is 0 Å². The molecule has 2 aromatic rings. The van der Waals surface area contributed by atoms with Crippen molar-refractivity contribution in [3.05, 3.63) is 57.6 Å². The number of carbonyl (C=O) groups is 1. The lowest BCUT2D eigenvalue weighted by Crippen LogP contribution is -2.29. The van der Waals surface area contributed by atoms with E-state index in [1.54, 1.807) is 32.4 Å². The molecule has 0 fully saturated rings. The highest BCUT2D eigenvalue weighted by Gasteiger charge is 2.10. The maximum atomic E-state index is 12.0. The highest BCUT2D eigenvalue weighted by molar-refractivity contribution is 5.81. The summed E-state index contributed by atoms with van der Waals surface area (Å²) in [5.41, 5.74) is 2.22. The molecule has 0 atom stereocenters. The lowest BCUT2D eigenvalue weighted by Gasteiger charge is -2.12. The molecule has 8 nitrogen and oxygen atoms in total. The number of benzene rings is 2. The zero-order valence-corrected chi connectivity index (χ0v) is 14.9. The van der Waals surface area contributed by atoms with E-state index in [1.165, 1.54) is 12.1 Å². The van der Waals surface area contributed by atoms with Crippen molar-refractivity contribution < 1.29 is 19.2 Å². The quantitative estimate of drug-likeness (QED) is 0.555. The second kappa shape index (κ2) is 8.70. The Kier molecular flexibility index (Phi) is 6.37. The Morgan fingerprint density at radius 3 is 2.50 bits per heavy atom. The number of nitrogens with one attached hydrogen (secondary N) is 2. The molecule has 0 bridgehead atoms. The molecule has 8 heteroatoms. The summed E-state index contributed by atoms with van der Waals surface area (Å²) in [6.45, 7) is 2.15. The normalized spacial score (nSPS) is 10.1. The minimum atomic E-state index is -0.470. The molecule has 138 valence electrons. The first-order chi connectivity index (χ1) is 12.4. The number of carbonyl (C=O) groups excluding carboxylic acids is 1. The van der Waals surface area contributed by atoms with Crippen molar-refractivity contribution in [2.24, 2.45) is 0 Å². The highest BCUT2D eigenvalue weighted by Crippen LogP contribution is 2.27. The SMILES string of the molecule is COc1ccc(CNC(=O)CNc2cc([N+](=O)[O-])ccc2C)cc1OC. The lowest BCUT2D eigenvalue weighted by molar-refractivity contribution is -0.384. The standard InChI is InChI=1S/C18H21N3O5/c1-12-4-6-14(21(23)24)9-15(12)19-11-18(22)20-10-13-5-7-16(25-2)17(8-13)26-3/h4-9,19H,10-11H2,1-3H3,(H,20,22). The molecule has 0 spiro atoms. The van der Waals surface area contributed by atoms with Gasteiger partial charge < -0.3 is 20.1 Å². The second-order valence-electron chi connectivity index (χ2n) is 5.58. The van der Waals surface area contributed by atoms with Crippen molar-refractivity contribution in [1.29, 1.82) is 0 Å². The van der Waals surface area contributed by atoms with E-state index in [0.717, 1.165) is 11.1 Å². The molecule has 0 heterocycles. The van der Waals surface area contributed by atoms with E-state index in [2.05, 4.69) is 10.6 Å². The molecule has 1 amide bonds. The van der Waals surface area contributed by atoms with Crippen LogP contribution in [0, 0.1) is 17.0 Å². The summed E-state index contributed by atoms with van der Waals surface area (Å²) in [5, 5.41) is 16.5. The van der Waals surface area contributed by atoms with Crippen LogP contribution in [0.3, 0.4) is 0 Å². The average Bonchev–Trinajstić information content (AvgIpc) is 2.65. The van der Waals surface area contributed by atoms with Crippen molar-refractivity contribution in [1.82, 2.24) is 5.32 Å². The Bertz CT molecular complexity index is 807. The van der Waals surface area contributed by atoms with Crippen LogP contribution in [0.5, 0.6) is 11.5 Å². The number of non-ortho nitro benzene ring substituents is 1. The van der Waals surface area contributed by atoms with Crippen LogP contribution in [-0.2, 0) is 11.3 Å². The van der Waals surface area contributed by atoms with E-state index >= 15 is 0 Å². The summed E-state index contributed by atoms with van der Waals surface area (Å²) in [4.78, 5) is 22.4. The van der Waals surface area contributed by atoms with Gasteiger partial charge in [-0.25, -0.2) is 0 Å². The number of methoxy groups -OCH3 is 2. The van der Waals surface area contributed by atoms with Gasteiger partial charge in [0.2, 0.25) is 5.91 Å². The smallest absolute Gasteiger partial charge is 0.271 e. The molecule has 0 radical (unpaired) electrons. The summed E-state index contributed by atoms with van der Waals surface area (Å²) in [5.74, 6) is 0.973. The van der Waals surface area contributed by atoms with Gasteiger partial charge in [-0.1, -0.05) is 12.1 Å². The number of nitrogens with zero attached hydrogens (tertiary/aromatic N) is 1. The Balaban J connectivity index is 1.92. The van der Waals surface area contributed by atoms with Gasteiger partial charge in [-0.2, -0.15) is 0 Å². The number of aryl methyl sites for hydroxylation is 1. The van der Waals surface area contributed by atoms with Crippen molar-refractivity contribution in [3.63, 3.8) is 0 Å². The Labute approximate surface area is 151 Å². The Morgan fingerprint density at radius 1 is 1.12 bits per heavy atom. The van der Waals surface area contributed by atoms with Crippen molar-refractivity contribution >= 4 is 17.3 Å². The molecule has 0 unspecified atom stereocenters. The van der Waals surface area contributed by atoms with Crippen molar-refractivity contribution in [2.45, 2.75) is 13.5 Å².